The van der Waals surface area contributed by atoms with Gasteiger partial charge in [-0.25, -0.2) is 4.79 Å². The van der Waals surface area contributed by atoms with Crippen molar-refractivity contribution in [2.24, 2.45) is 11.7 Å². The Hall–Kier alpha value is -0.770. The summed E-state index contributed by atoms with van der Waals surface area (Å²) in [6.07, 6.45) is 1.91. The van der Waals surface area contributed by atoms with Gasteiger partial charge >= 0.3 is 6.09 Å². The largest absolute Gasteiger partial charge is 0.444 e. The second-order valence-corrected chi connectivity index (χ2v) is 5.70. The molecule has 0 aromatic rings. The van der Waals surface area contributed by atoms with E-state index in [-0.39, 0.29) is 18.2 Å². The van der Waals surface area contributed by atoms with Crippen molar-refractivity contribution in [2.45, 2.75) is 51.3 Å². The van der Waals surface area contributed by atoms with Crippen molar-refractivity contribution in [3.05, 3.63) is 0 Å². The van der Waals surface area contributed by atoms with Crippen LogP contribution in [0.1, 0.15) is 33.6 Å². The average Bonchev–Trinajstić information content (AvgIpc) is 2.58. The molecule has 1 saturated heterocycles. The molecule has 2 N–H and O–H groups in total. The van der Waals surface area contributed by atoms with Crippen molar-refractivity contribution in [2.75, 3.05) is 6.54 Å². The van der Waals surface area contributed by atoms with E-state index < -0.39 is 5.60 Å². The minimum atomic E-state index is -0.414. The Balaban J connectivity index is 1.98. The molecule has 2 bridgehead atoms. The first kappa shape index (κ1) is 10.7. The van der Waals surface area contributed by atoms with Crippen LogP contribution in [-0.2, 0) is 4.74 Å². The fourth-order valence-electron chi connectivity index (χ4n) is 2.61. The van der Waals surface area contributed by atoms with E-state index in [1.54, 1.807) is 0 Å². The van der Waals surface area contributed by atoms with E-state index in [0.717, 1.165) is 19.4 Å². The predicted molar refractivity (Wildman–Crippen MR) is 57.4 cm³/mol. The van der Waals surface area contributed by atoms with Crippen LogP contribution in [0.15, 0.2) is 0 Å². The number of hydrogen-bond donors (Lipinski definition) is 1. The van der Waals surface area contributed by atoms with Gasteiger partial charge in [-0.05, 0) is 39.5 Å². The first-order valence-corrected chi connectivity index (χ1v) is 5.62. The first-order valence-electron chi connectivity index (χ1n) is 5.62. The van der Waals surface area contributed by atoms with E-state index in [4.69, 9.17) is 10.5 Å². The zero-order valence-corrected chi connectivity index (χ0v) is 9.69. The average molecular weight is 212 g/mol. The van der Waals surface area contributed by atoms with Crippen molar-refractivity contribution in [1.82, 2.24) is 4.90 Å². The maximum absolute atomic E-state index is 11.8. The standard InChI is InChI=1S/C11H20N2O2/c1-11(2,3)15-10(14)13-6-7-4-8(12)9(13)5-7/h7-9H,4-6,12H2,1-3H3/t7?,8-,9?/m0/s1. The van der Waals surface area contributed by atoms with Gasteiger partial charge in [0.1, 0.15) is 5.60 Å². The highest BCUT2D eigenvalue weighted by atomic mass is 16.6. The quantitative estimate of drug-likeness (QED) is 0.659. The van der Waals surface area contributed by atoms with Gasteiger partial charge in [0, 0.05) is 12.6 Å². The van der Waals surface area contributed by atoms with Gasteiger partial charge in [-0.2, -0.15) is 0 Å². The van der Waals surface area contributed by atoms with Crippen LogP contribution in [0.25, 0.3) is 0 Å². The summed E-state index contributed by atoms with van der Waals surface area (Å²) in [6, 6.07) is 0.362. The lowest BCUT2D eigenvalue weighted by molar-refractivity contribution is 0.0172. The van der Waals surface area contributed by atoms with E-state index in [2.05, 4.69) is 0 Å². The zero-order valence-electron chi connectivity index (χ0n) is 9.69. The molecule has 4 heteroatoms. The summed E-state index contributed by atoms with van der Waals surface area (Å²) in [7, 11) is 0. The Bertz CT molecular complexity index is 272. The number of rotatable bonds is 0. The maximum Gasteiger partial charge on any atom is 0.410 e. The molecule has 4 nitrogen and oxygen atoms in total. The molecule has 3 atom stereocenters. The summed E-state index contributed by atoms with van der Waals surface area (Å²) >= 11 is 0. The molecule has 0 aromatic carbocycles. The second kappa shape index (κ2) is 3.37. The van der Waals surface area contributed by atoms with Crippen LogP contribution in [0.4, 0.5) is 4.79 Å². The number of fused-ring (bicyclic) bond motifs is 2. The number of hydrogen-bond acceptors (Lipinski definition) is 3. The van der Waals surface area contributed by atoms with Gasteiger partial charge in [0.25, 0.3) is 0 Å². The molecule has 2 aliphatic rings. The SMILES string of the molecule is CC(C)(C)OC(=O)N1CC2CC1[C@@H](N)C2. The third-order valence-corrected chi connectivity index (χ3v) is 3.16. The molecular weight excluding hydrogens is 192 g/mol. The van der Waals surface area contributed by atoms with Crippen molar-refractivity contribution in [1.29, 1.82) is 0 Å². The van der Waals surface area contributed by atoms with Crippen LogP contribution < -0.4 is 5.73 Å². The smallest absolute Gasteiger partial charge is 0.410 e. The molecular formula is C11H20N2O2. The summed E-state index contributed by atoms with van der Waals surface area (Å²) in [5.41, 5.74) is 5.55. The number of piperidine rings is 1. The Kier molecular flexibility index (Phi) is 2.41. The molecule has 1 saturated carbocycles. The van der Waals surface area contributed by atoms with Crippen molar-refractivity contribution >= 4 is 6.09 Å². The molecule has 0 spiro atoms. The lowest BCUT2D eigenvalue weighted by Gasteiger charge is -2.33. The first-order chi connectivity index (χ1) is 6.87. The topological polar surface area (TPSA) is 55.6 Å². The fraction of sp³-hybridized carbons (Fsp3) is 0.909. The predicted octanol–water partition coefficient (Wildman–Crippen LogP) is 1.34. The molecule has 2 fully saturated rings. The van der Waals surface area contributed by atoms with Gasteiger partial charge in [0.15, 0.2) is 0 Å². The molecule has 0 radical (unpaired) electrons. The van der Waals surface area contributed by atoms with Gasteiger partial charge in [-0.3, -0.25) is 0 Å². The highest BCUT2D eigenvalue weighted by Crippen LogP contribution is 2.37. The second-order valence-electron chi connectivity index (χ2n) is 5.70. The third-order valence-electron chi connectivity index (χ3n) is 3.16. The van der Waals surface area contributed by atoms with Crippen molar-refractivity contribution in [3.63, 3.8) is 0 Å². The molecule has 2 unspecified atom stereocenters. The van der Waals surface area contributed by atoms with Crippen LogP contribution >= 0.6 is 0 Å². The Labute approximate surface area is 90.8 Å². The molecule has 1 aliphatic heterocycles. The van der Waals surface area contributed by atoms with E-state index in [1.807, 2.05) is 25.7 Å². The molecule has 2 rings (SSSR count). The summed E-state index contributed by atoms with van der Waals surface area (Å²) in [5.74, 6) is 0.595. The van der Waals surface area contributed by atoms with Gasteiger partial charge < -0.3 is 15.4 Å². The van der Waals surface area contributed by atoms with Gasteiger partial charge in [-0.1, -0.05) is 0 Å². The van der Waals surface area contributed by atoms with Gasteiger partial charge in [0.05, 0.1) is 6.04 Å². The number of nitrogens with zero attached hydrogens (tertiary/aromatic N) is 1. The van der Waals surface area contributed by atoms with Crippen LogP contribution in [0.2, 0.25) is 0 Å². The number of amides is 1. The van der Waals surface area contributed by atoms with Gasteiger partial charge in [-0.15, -0.1) is 0 Å². The Morgan fingerprint density at radius 3 is 2.53 bits per heavy atom. The number of nitrogens with two attached hydrogens (primary N) is 1. The zero-order chi connectivity index (χ0) is 11.2. The van der Waals surface area contributed by atoms with Crippen molar-refractivity contribution < 1.29 is 9.53 Å². The number of ether oxygens (including phenoxy) is 1. The summed E-state index contributed by atoms with van der Waals surface area (Å²) < 4.78 is 5.35. The van der Waals surface area contributed by atoms with Crippen LogP contribution in [0.5, 0.6) is 0 Å². The monoisotopic (exact) mass is 212 g/mol. The maximum atomic E-state index is 11.8. The third kappa shape index (κ3) is 2.09. The molecule has 1 aliphatic carbocycles. The number of carbonyl (C=O) groups excluding carboxylic acids is 1. The summed E-state index contributed by atoms with van der Waals surface area (Å²) in [4.78, 5) is 13.7. The van der Waals surface area contributed by atoms with E-state index in [0.29, 0.717) is 5.92 Å². The Morgan fingerprint density at radius 1 is 1.40 bits per heavy atom. The highest BCUT2D eigenvalue weighted by Gasteiger charge is 2.46. The van der Waals surface area contributed by atoms with E-state index >= 15 is 0 Å². The summed E-state index contributed by atoms with van der Waals surface area (Å²) in [6.45, 7) is 6.49. The molecule has 0 aromatic heterocycles. The number of likely N-dealkylation sites (tertiary alicyclic amines) is 1. The number of carbonyl (C=O) groups is 1. The van der Waals surface area contributed by atoms with E-state index in [1.165, 1.54) is 0 Å². The lowest BCUT2D eigenvalue weighted by Crippen LogP contribution is -2.49. The lowest BCUT2D eigenvalue weighted by atomic mass is 10.1. The molecule has 15 heavy (non-hydrogen) atoms. The molecule has 1 amide bonds. The van der Waals surface area contributed by atoms with Crippen LogP contribution in [0, 0.1) is 5.92 Å². The molecule has 86 valence electrons. The van der Waals surface area contributed by atoms with Gasteiger partial charge in [0.2, 0.25) is 0 Å². The minimum Gasteiger partial charge on any atom is -0.444 e. The van der Waals surface area contributed by atoms with Crippen molar-refractivity contribution in [3.8, 4) is 0 Å². The van der Waals surface area contributed by atoms with Crippen LogP contribution in [-0.4, -0.2) is 35.2 Å². The fourth-order valence-corrected chi connectivity index (χ4v) is 2.61. The Morgan fingerprint density at radius 2 is 2.07 bits per heavy atom. The minimum absolute atomic E-state index is 0.149. The van der Waals surface area contributed by atoms with E-state index in [9.17, 15) is 4.79 Å². The normalized spacial score (nSPS) is 34.7. The highest BCUT2D eigenvalue weighted by molar-refractivity contribution is 5.69. The molecule has 1 heterocycles. The summed E-state index contributed by atoms with van der Waals surface area (Å²) in [5, 5.41) is 0. The van der Waals surface area contributed by atoms with Crippen LogP contribution in [0.3, 0.4) is 0 Å².